The Balaban J connectivity index is 2.79. The molecule has 0 aliphatic rings. The third kappa shape index (κ3) is 3.59. The highest BCUT2D eigenvalue weighted by atomic mass is 16.3. The Kier molecular flexibility index (Phi) is 3.27. The van der Waals surface area contributed by atoms with Crippen molar-refractivity contribution in [2.45, 2.75) is 32.3 Å². The fourth-order valence-electron chi connectivity index (χ4n) is 1.44. The molecule has 0 saturated heterocycles. The largest absolute Gasteiger partial charge is 0.390 e. The normalized spacial score (nSPS) is 11.0. The Morgan fingerprint density at radius 2 is 2.00 bits per heavy atom. The van der Waals surface area contributed by atoms with Crippen molar-refractivity contribution in [3.05, 3.63) is 35.4 Å². The molecule has 0 aliphatic heterocycles. The van der Waals surface area contributed by atoms with Crippen LogP contribution >= 0.6 is 0 Å². The predicted molar refractivity (Wildman–Crippen MR) is 55.8 cm³/mol. The van der Waals surface area contributed by atoms with Crippen LogP contribution in [0.1, 0.15) is 25.0 Å². The van der Waals surface area contributed by atoms with E-state index in [-0.39, 0.29) is 0 Å². The molecule has 0 radical (unpaired) electrons. The van der Waals surface area contributed by atoms with Crippen molar-refractivity contribution in [3.63, 3.8) is 0 Å². The third-order valence-electron chi connectivity index (χ3n) is 1.91. The second-order valence-electron chi connectivity index (χ2n) is 4.14. The molecule has 74 valence electrons. The summed E-state index contributed by atoms with van der Waals surface area (Å²) in [6.07, 6.45) is 1.05. The Bertz CT molecular complexity index is 344. The van der Waals surface area contributed by atoms with E-state index in [1.165, 1.54) is 0 Å². The number of nitriles is 1. The van der Waals surface area contributed by atoms with E-state index in [1.54, 1.807) is 13.8 Å². The Morgan fingerprint density at radius 3 is 2.57 bits per heavy atom. The molecule has 0 amide bonds. The summed E-state index contributed by atoms with van der Waals surface area (Å²) >= 11 is 0. The summed E-state index contributed by atoms with van der Waals surface area (Å²) in [5, 5.41) is 18.2. The highest BCUT2D eigenvalue weighted by Crippen LogP contribution is 2.13. The minimum Gasteiger partial charge on any atom is -0.390 e. The van der Waals surface area contributed by atoms with E-state index in [4.69, 9.17) is 5.26 Å². The van der Waals surface area contributed by atoms with Gasteiger partial charge in [0.05, 0.1) is 18.1 Å². The highest BCUT2D eigenvalue weighted by molar-refractivity contribution is 5.26. The quantitative estimate of drug-likeness (QED) is 0.791. The number of hydrogen-bond donors (Lipinski definition) is 1. The monoisotopic (exact) mass is 189 g/mol. The Labute approximate surface area is 84.8 Å². The first-order valence-electron chi connectivity index (χ1n) is 4.68. The van der Waals surface area contributed by atoms with Crippen LogP contribution in [-0.2, 0) is 12.8 Å². The SMILES string of the molecule is CC(C)(O)Cc1cccc(CC#N)c1. The first kappa shape index (κ1) is 10.7. The van der Waals surface area contributed by atoms with Crippen LogP contribution in [-0.4, -0.2) is 10.7 Å². The molecular weight excluding hydrogens is 174 g/mol. The van der Waals surface area contributed by atoms with E-state index in [2.05, 4.69) is 6.07 Å². The van der Waals surface area contributed by atoms with E-state index in [0.717, 1.165) is 11.1 Å². The molecular formula is C12H15NO. The van der Waals surface area contributed by atoms with Crippen LogP contribution in [0.3, 0.4) is 0 Å². The lowest BCUT2D eigenvalue weighted by atomic mass is 9.97. The highest BCUT2D eigenvalue weighted by Gasteiger charge is 2.13. The van der Waals surface area contributed by atoms with Gasteiger partial charge in [0.15, 0.2) is 0 Å². The zero-order valence-corrected chi connectivity index (χ0v) is 8.62. The summed E-state index contributed by atoms with van der Waals surface area (Å²) in [5.41, 5.74) is 1.39. The van der Waals surface area contributed by atoms with Gasteiger partial charge >= 0.3 is 0 Å². The lowest BCUT2D eigenvalue weighted by molar-refractivity contribution is 0.0810. The van der Waals surface area contributed by atoms with Crippen LogP contribution in [0.2, 0.25) is 0 Å². The van der Waals surface area contributed by atoms with E-state index in [9.17, 15) is 5.11 Å². The van der Waals surface area contributed by atoms with Gasteiger partial charge in [0.1, 0.15) is 0 Å². The van der Waals surface area contributed by atoms with Crippen LogP contribution in [0, 0.1) is 11.3 Å². The molecule has 0 heterocycles. The molecule has 1 aromatic rings. The molecule has 1 rings (SSSR count). The average Bonchev–Trinajstić information content (AvgIpc) is 2.02. The standard InChI is InChI=1S/C12H15NO/c1-12(2,14)9-11-5-3-4-10(8-11)6-7-13/h3-5,8,14H,6,9H2,1-2H3. The van der Waals surface area contributed by atoms with Gasteiger partial charge in [-0.3, -0.25) is 0 Å². The van der Waals surface area contributed by atoms with Crippen LogP contribution in [0.4, 0.5) is 0 Å². The third-order valence-corrected chi connectivity index (χ3v) is 1.91. The zero-order chi connectivity index (χ0) is 10.6. The van der Waals surface area contributed by atoms with Gasteiger partial charge in [0, 0.05) is 6.42 Å². The van der Waals surface area contributed by atoms with Crippen molar-refractivity contribution in [1.29, 1.82) is 5.26 Å². The number of rotatable bonds is 3. The summed E-state index contributed by atoms with van der Waals surface area (Å²) in [6.45, 7) is 3.56. The molecule has 0 unspecified atom stereocenters. The van der Waals surface area contributed by atoms with E-state index in [1.807, 2.05) is 24.3 Å². The second kappa shape index (κ2) is 4.26. The fraction of sp³-hybridized carbons (Fsp3) is 0.417. The van der Waals surface area contributed by atoms with Gasteiger partial charge in [-0.2, -0.15) is 5.26 Å². The van der Waals surface area contributed by atoms with E-state index < -0.39 is 5.60 Å². The molecule has 0 fully saturated rings. The zero-order valence-electron chi connectivity index (χ0n) is 8.62. The summed E-state index contributed by atoms with van der Waals surface area (Å²) in [4.78, 5) is 0. The summed E-state index contributed by atoms with van der Waals surface area (Å²) in [7, 11) is 0. The second-order valence-corrected chi connectivity index (χ2v) is 4.14. The predicted octanol–water partition coefficient (Wildman–Crippen LogP) is 2.07. The van der Waals surface area contributed by atoms with Crippen molar-refractivity contribution in [3.8, 4) is 6.07 Å². The topological polar surface area (TPSA) is 44.0 Å². The molecule has 1 N–H and O–H groups in total. The lowest BCUT2D eigenvalue weighted by Gasteiger charge is -2.17. The number of aliphatic hydroxyl groups is 1. The molecule has 2 nitrogen and oxygen atoms in total. The van der Waals surface area contributed by atoms with Crippen LogP contribution in [0.5, 0.6) is 0 Å². The van der Waals surface area contributed by atoms with Crippen molar-refractivity contribution in [2.24, 2.45) is 0 Å². The molecule has 0 spiro atoms. The lowest BCUT2D eigenvalue weighted by Crippen LogP contribution is -2.21. The molecule has 14 heavy (non-hydrogen) atoms. The first-order valence-corrected chi connectivity index (χ1v) is 4.68. The minimum atomic E-state index is -0.689. The Hall–Kier alpha value is -1.33. The Morgan fingerprint density at radius 1 is 1.36 bits per heavy atom. The average molecular weight is 189 g/mol. The van der Waals surface area contributed by atoms with E-state index in [0.29, 0.717) is 12.8 Å². The van der Waals surface area contributed by atoms with Crippen molar-refractivity contribution >= 4 is 0 Å². The van der Waals surface area contributed by atoms with Crippen molar-refractivity contribution in [2.75, 3.05) is 0 Å². The van der Waals surface area contributed by atoms with Crippen molar-refractivity contribution in [1.82, 2.24) is 0 Å². The van der Waals surface area contributed by atoms with Gasteiger partial charge in [-0.1, -0.05) is 24.3 Å². The fourth-order valence-corrected chi connectivity index (χ4v) is 1.44. The van der Waals surface area contributed by atoms with Crippen LogP contribution < -0.4 is 0 Å². The maximum atomic E-state index is 9.63. The molecule has 0 saturated carbocycles. The summed E-state index contributed by atoms with van der Waals surface area (Å²) < 4.78 is 0. The van der Waals surface area contributed by atoms with Crippen LogP contribution in [0.15, 0.2) is 24.3 Å². The minimum absolute atomic E-state index is 0.430. The maximum absolute atomic E-state index is 9.63. The molecule has 0 atom stereocenters. The molecule has 0 bridgehead atoms. The van der Waals surface area contributed by atoms with Gasteiger partial charge in [-0.25, -0.2) is 0 Å². The maximum Gasteiger partial charge on any atom is 0.0669 e. The molecule has 0 aromatic heterocycles. The van der Waals surface area contributed by atoms with Gasteiger partial charge in [-0.05, 0) is 25.0 Å². The summed E-state index contributed by atoms with van der Waals surface area (Å²) in [6, 6.07) is 9.91. The molecule has 0 aliphatic carbocycles. The van der Waals surface area contributed by atoms with Crippen molar-refractivity contribution < 1.29 is 5.11 Å². The van der Waals surface area contributed by atoms with Crippen LogP contribution in [0.25, 0.3) is 0 Å². The van der Waals surface area contributed by atoms with Gasteiger partial charge in [-0.15, -0.1) is 0 Å². The van der Waals surface area contributed by atoms with Gasteiger partial charge in [0.25, 0.3) is 0 Å². The molecule has 1 aromatic carbocycles. The van der Waals surface area contributed by atoms with Gasteiger partial charge in [0.2, 0.25) is 0 Å². The number of benzene rings is 1. The van der Waals surface area contributed by atoms with E-state index >= 15 is 0 Å². The number of nitrogens with zero attached hydrogens (tertiary/aromatic N) is 1. The smallest absolute Gasteiger partial charge is 0.0669 e. The first-order chi connectivity index (χ1) is 6.51. The summed E-state index contributed by atoms with van der Waals surface area (Å²) in [5.74, 6) is 0. The number of hydrogen-bond acceptors (Lipinski definition) is 2. The van der Waals surface area contributed by atoms with Gasteiger partial charge < -0.3 is 5.11 Å². The molecule has 2 heteroatoms.